The lowest BCUT2D eigenvalue weighted by molar-refractivity contribution is 0.705. The lowest BCUT2D eigenvalue weighted by Gasteiger charge is -2.34. The molecular weight excluding hydrogens is 278 g/mol. The monoisotopic (exact) mass is 311 g/mol. The van der Waals surface area contributed by atoms with E-state index in [0.717, 1.165) is 6.54 Å². The van der Waals surface area contributed by atoms with Gasteiger partial charge in [-0.15, -0.1) is 0 Å². The first-order valence-corrected chi connectivity index (χ1v) is 9.07. The Morgan fingerprint density at radius 2 is 1.78 bits per heavy atom. The van der Waals surface area contributed by atoms with E-state index >= 15 is 0 Å². The Morgan fingerprint density at radius 1 is 1.09 bits per heavy atom. The van der Waals surface area contributed by atoms with Crippen LogP contribution in [0.5, 0.6) is 0 Å². The SMILES string of the molecule is CCN1CCCc2cccc(C(=C(C)C)C(C)C(C)=C(C)C)c21. The Bertz CT molecular complexity index is 625. The van der Waals surface area contributed by atoms with Crippen LogP contribution in [0, 0.1) is 5.92 Å². The molecule has 23 heavy (non-hydrogen) atoms. The zero-order valence-corrected chi connectivity index (χ0v) is 16.1. The number of allylic oxidation sites excluding steroid dienone is 4. The molecule has 0 aliphatic carbocycles. The zero-order chi connectivity index (χ0) is 17.1. The van der Waals surface area contributed by atoms with Crippen LogP contribution in [0.1, 0.15) is 66.0 Å². The molecule has 126 valence electrons. The molecule has 1 aliphatic heterocycles. The topological polar surface area (TPSA) is 3.24 Å². The van der Waals surface area contributed by atoms with E-state index in [4.69, 9.17) is 0 Å². The second kappa shape index (κ2) is 7.38. The van der Waals surface area contributed by atoms with E-state index in [-0.39, 0.29) is 0 Å². The summed E-state index contributed by atoms with van der Waals surface area (Å²) in [7, 11) is 0. The first kappa shape index (κ1) is 17.8. The maximum Gasteiger partial charge on any atom is 0.0475 e. The Kier molecular flexibility index (Phi) is 5.73. The molecule has 0 spiro atoms. The van der Waals surface area contributed by atoms with Gasteiger partial charge in [0.05, 0.1) is 0 Å². The molecule has 1 aliphatic rings. The van der Waals surface area contributed by atoms with E-state index in [0.29, 0.717) is 5.92 Å². The summed E-state index contributed by atoms with van der Waals surface area (Å²) in [5.74, 6) is 0.470. The van der Waals surface area contributed by atoms with E-state index in [1.165, 1.54) is 58.5 Å². The highest BCUT2D eigenvalue weighted by molar-refractivity contribution is 5.83. The Balaban J connectivity index is 2.64. The van der Waals surface area contributed by atoms with Crippen molar-refractivity contribution in [3.05, 3.63) is 46.0 Å². The lowest BCUT2D eigenvalue weighted by Crippen LogP contribution is -2.30. The summed E-state index contributed by atoms with van der Waals surface area (Å²) in [6.07, 6.45) is 2.49. The molecule has 1 heteroatoms. The van der Waals surface area contributed by atoms with Gasteiger partial charge in [0.25, 0.3) is 0 Å². The van der Waals surface area contributed by atoms with Crippen LogP contribution in [-0.4, -0.2) is 13.1 Å². The van der Waals surface area contributed by atoms with Gasteiger partial charge in [0.2, 0.25) is 0 Å². The van der Waals surface area contributed by atoms with Gasteiger partial charge in [-0.05, 0) is 65.5 Å². The summed E-state index contributed by atoms with van der Waals surface area (Å²) in [4.78, 5) is 2.57. The van der Waals surface area contributed by atoms with Gasteiger partial charge in [-0.25, -0.2) is 0 Å². The molecular formula is C22H33N. The second-order valence-corrected chi connectivity index (χ2v) is 7.31. The van der Waals surface area contributed by atoms with Crippen molar-refractivity contribution >= 4 is 11.3 Å². The van der Waals surface area contributed by atoms with Crippen molar-refractivity contribution in [3.8, 4) is 0 Å². The lowest BCUT2D eigenvalue weighted by atomic mass is 9.82. The summed E-state index contributed by atoms with van der Waals surface area (Å²) < 4.78 is 0. The molecule has 0 amide bonds. The molecule has 0 saturated carbocycles. The fourth-order valence-electron chi connectivity index (χ4n) is 3.86. The van der Waals surface area contributed by atoms with Crippen molar-refractivity contribution in [3.63, 3.8) is 0 Å². The van der Waals surface area contributed by atoms with E-state index in [1.807, 2.05) is 0 Å². The number of rotatable bonds is 4. The summed E-state index contributed by atoms with van der Waals surface area (Å²) in [6.45, 7) is 18.2. The molecule has 0 radical (unpaired) electrons. The predicted octanol–water partition coefficient (Wildman–Crippen LogP) is 6.24. The van der Waals surface area contributed by atoms with Crippen LogP contribution in [0.2, 0.25) is 0 Å². The maximum atomic E-state index is 2.57. The summed E-state index contributed by atoms with van der Waals surface area (Å²) in [5, 5.41) is 0. The Hall–Kier alpha value is -1.50. The number of hydrogen-bond donors (Lipinski definition) is 0. The molecule has 1 aromatic carbocycles. The van der Waals surface area contributed by atoms with Gasteiger partial charge in [0.1, 0.15) is 0 Å². The van der Waals surface area contributed by atoms with Crippen molar-refractivity contribution in [1.29, 1.82) is 0 Å². The molecule has 0 fully saturated rings. The molecule has 0 N–H and O–H groups in total. The first-order valence-electron chi connectivity index (χ1n) is 9.07. The quantitative estimate of drug-likeness (QED) is 0.594. The fourth-order valence-corrected chi connectivity index (χ4v) is 3.86. The Labute approximate surface area is 143 Å². The van der Waals surface area contributed by atoms with E-state index in [2.05, 4.69) is 71.6 Å². The maximum absolute atomic E-state index is 2.57. The number of benzene rings is 1. The van der Waals surface area contributed by atoms with Crippen LogP contribution < -0.4 is 4.90 Å². The molecule has 1 atom stereocenters. The fraction of sp³-hybridized carbons (Fsp3) is 0.545. The number of nitrogens with zero attached hydrogens (tertiary/aromatic N) is 1. The smallest absolute Gasteiger partial charge is 0.0475 e. The first-order chi connectivity index (χ1) is 10.9. The van der Waals surface area contributed by atoms with Crippen LogP contribution in [0.4, 0.5) is 5.69 Å². The van der Waals surface area contributed by atoms with Gasteiger partial charge >= 0.3 is 0 Å². The van der Waals surface area contributed by atoms with Crippen LogP contribution in [0.3, 0.4) is 0 Å². The minimum Gasteiger partial charge on any atom is -0.371 e. The van der Waals surface area contributed by atoms with Gasteiger partial charge < -0.3 is 4.90 Å². The number of fused-ring (bicyclic) bond motifs is 1. The van der Waals surface area contributed by atoms with Crippen LogP contribution in [0.15, 0.2) is 34.9 Å². The summed E-state index contributed by atoms with van der Waals surface area (Å²) in [6, 6.07) is 6.91. The minimum atomic E-state index is 0.470. The van der Waals surface area contributed by atoms with E-state index < -0.39 is 0 Å². The van der Waals surface area contributed by atoms with Gasteiger partial charge in [-0.2, -0.15) is 0 Å². The largest absolute Gasteiger partial charge is 0.371 e. The third kappa shape index (κ3) is 3.54. The van der Waals surface area contributed by atoms with Gasteiger partial charge in [0, 0.05) is 30.3 Å². The second-order valence-electron chi connectivity index (χ2n) is 7.31. The van der Waals surface area contributed by atoms with Crippen LogP contribution in [0.25, 0.3) is 5.57 Å². The van der Waals surface area contributed by atoms with Gasteiger partial charge in [-0.1, -0.05) is 41.8 Å². The minimum absolute atomic E-state index is 0.470. The van der Waals surface area contributed by atoms with Crippen LogP contribution in [-0.2, 0) is 6.42 Å². The number of para-hydroxylation sites is 1. The van der Waals surface area contributed by atoms with Crippen LogP contribution >= 0.6 is 0 Å². The molecule has 2 rings (SSSR count). The summed E-state index contributed by atoms with van der Waals surface area (Å²) in [5.41, 5.74) is 10.4. The predicted molar refractivity (Wildman–Crippen MR) is 104 cm³/mol. The third-order valence-corrected chi connectivity index (χ3v) is 5.39. The van der Waals surface area contributed by atoms with Crippen molar-refractivity contribution < 1.29 is 0 Å². The van der Waals surface area contributed by atoms with Crippen molar-refractivity contribution in [2.24, 2.45) is 5.92 Å². The normalized spacial score (nSPS) is 15.0. The zero-order valence-electron chi connectivity index (χ0n) is 16.1. The molecule has 1 nitrogen and oxygen atoms in total. The average molecular weight is 312 g/mol. The third-order valence-electron chi connectivity index (χ3n) is 5.39. The number of hydrogen-bond acceptors (Lipinski definition) is 1. The molecule has 1 heterocycles. The molecule has 0 saturated heterocycles. The van der Waals surface area contributed by atoms with Crippen molar-refractivity contribution in [2.45, 2.75) is 61.3 Å². The molecule has 0 aromatic heterocycles. The molecule has 1 aromatic rings. The summed E-state index contributed by atoms with van der Waals surface area (Å²) >= 11 is 0. The average Bonchev–Trinajstić information content (AvgIpc) is 2.53. The molecule has 0 bridgehead atoms. The standard InChI is InChI=1S/C22H33N/c1-8-23-14-10-12-19-11-9-13-20(22(19)23)21(16(4)5)18(7)17(6)15(2)3/h9,11,13,18H,8,10,12,14H2,1-7H3. The van der Waals surface area contributed by atoms with Crippen molar-refractivity contribution in [2.75, 3.05) is 18.0 Å². The number of anilines is 1. The van der Waals surface area contributed by atoms with Crippen molar-refractivity contribution in [1.82, 2.24) is 0 Å². The van der Waals surface area contributed by atoms with Gasteiger partial charge in [0.15, 0.2) is 0 Å². The molecule has 1 unspecified atom stereocenters. The Morgan fingerprint density at radius 3 is 2.35 bits per heavy atom. The van der Waals surface area contributed by atoms with E-state index in [1.54, 1.807) is 0 Å². The highest BCUT2D eigenvalue weighted by Crippen LogP contribution is 2.41. The highest BCUT2D eigenvalue weighted by Gasteiger charge is 2.24. The number of aryl methyl sites for hydroxylation is 1. The highest BCUT2D eigenvalue weighted by atomic mass is 15.1. The van der Waals surface area contributed by atoms with Gasteiger partial charge in [-0.3, -0.25) is 0 Å². The van der Waals surface area contributed by atoms with E-state index in [9.17, 15) is 0 Å².